The molecule has 0 bridgehead atoms. The number of aromatic nitrogens is 3. The molecule has 2 aliphatic heterocycles. The van der Waals surface area contributed by atoms with Gasteiger partial charge in [0, 0.05) is 73.6 Å². The van der Waals surface area contributed by atoms with E-state index >= 15 is 0 Å². The normalized spacial score (nSPS) is 17.6. The Morgan fingerprint density at radius 1 is 1.06 bits per heavy atom. The molecule has 2 atom stereocenters. The van der Waals surface area contributed by atoms with E-state index in [4.69, 9.17) is 37.7 Å². The summed E-state index contributed by atoms with van der Waals surface area (Å²) in [4.78, 5) is 40.5. The van der Waals surface area contributed by atoms with E-state index in [9.17, 15) is 14.7 Å². The van der Waals surface area contributed by atoms with Crippen molar-refractivity contribution in [2.75, 3.05) is 39.2 Å². The third kappa shape index (κ3) is 7.95. The van der Waals surface area contributed by atoms with Crippen molar-refractivity contribution in [2.24, 2.45) is 0 Å². The van der Waals surface area contributed by atoms with Gasteiger partial charge in [0.2, 0.25) is 11.8 Å². The summed E-state index contributed by atoms with van der Waals surface area (Å²) in [6, 6.07) is 12.6. The molecule has 2 saturated heterocycles. The lowest BCUT2D eigenvalue weighted by molar-refractivity contribution is -0.119. The van der Waals surface area contributed by atoms with Crippen LogP contribution in [0.3, 0.4) is 0 Å². The quantitative estimate of drug-likeness (QED) is 0.163. The minimum Gasteiger partial charge on any atom is -0.495 e. The van der Waals surface area contributed by atoms with Gasteiger partial charge in [-0.3, -0.25) is 19.5 Å². The standard InChI is InChI=1S/C35H37Cl2N7O5/c1-48-29-17-40-28(14-21(29)18-44-13-11-23(45)19-44)34(47)42-27-5-3-4-25(31(27)36)33-32(37)24(10-12-39-33)26-8-6-20(35(43-26)49-2)15-38-16-22-7-9-30(46)41-22/h3-6,8,10,12,14,17,22-23,38,45H,7,9,11,13,15-16,18-19H2,1-2H3,(H,41,46)(H,42,47)/t22-,23-/m1/s1. The largest absolute Gasteiger partial charge is 0.495 e. The fraction of sp³-hybridized carbons (Fsp3) is 0.343. The summed E-state index contributed by atoms with van der Waals surface area (Å²) in [6.45, 7) is 3.00. The molecule has 1 aromatic carbocycles. The zero-order chi connectivity index (χ0) is 34.5. The van der Waals surface area contributed by atoms with Crippen LogP contribution in [0.5, 0.6) is 11.6 Å². The van der Waals surface area contributed by atoms with Gasteiger partial charge in [0.25, 0.3) is 5.91 Å². The van der Waals surface area contributed by atoms with Crippen molar-refractivity contribution in [3.05, 3.63) is 81.7 Å². The molecule has 0 aliphatic carbocycles. The Labute approximate surface area is 294 Å². The molecule has 0 radical (unpaired) electrons. The fourth-order valence-corrected chi connectivity index (χ4v) is 6.66. The summed E-state index contributed by atoms with van der Waals surface area (Å²) < 4.78 is 11.1. The van der Waals surface area contributed by atoms with Crippen molar-refractivity contribution < 1.29 is 24.2 Å². The van der Waals surface area contributed by atoms with Crippen molar-refractivity contribution in [1.82, 2.24) is 30.5 Å². The summed E-state index contributed by atoms with van der Waals surface area (Å²) in [5.41, 5.74) is 4.37. The van der Waals surface area contributed by atoms with Crippen LogP contribution in [0.1, 0.15) is 40.9 Å². The maximum Gasteiger partial charge on any atom is 0.274 e. The third-order valence-electron chi connectivity index (χ3n) is 8.63. The Hall–Kier alpha value is -4.33. The molecule has 14 heteroatoms. The number of ether oxygens (including phenoxy) is 2. The monoisotopic (exact) mass is 705 g/mol. The molecule has 49 heavy (non-hydrogen) atoms. The van der Waals surface area contributed by atoms with Gasteiger partial charge in [0.15, 0.2) is 0 Å². The number of nitrogens with one attached hydrogen (secondary N) is 3. The number of carbonyl (C=O) groups excluding carboxylic acids is 2. The second kappa shape index (κ2) is 15.5. The summed E-state index contributed by atoms with van der Waals surface area (Å²) in [6.07, 6.45) is 4.86. The highest BCUT2D eigenvalue weighted by molar-refractivity contribution is 6.39. The summed E-state index contributed by atoms with van der Waals surface area (Å²) in [5.74, 6) is 0.646. The van der Waals surface area contributed by atoms with E-state index < -0.39 is 5.91 Å². The first kappa shape index (κ1) is 34.5. The molecule has 12 nitrogen and oxygen atoms in total. The van der Waals surface area contributed by atoms with E-state index in [1.54, 1.807) is 50.7 Å². The first-order chi connectivity index (χ1) is 23.7. The van der Waals surface area contributed by atoms with Gasteiger partial charge in [0.1, 0.15) is 11.4 Å². The number of nitrogens with zero attached hydrogens (tertiary/aromatic N) is 4. The van der Waals surface area contributed by atoms with Gasteiger partial charge in [-0.25, -0.2) is 9.97 Å². The molecule has 2 amide bonds. The lowest BCUT2D eigenvalue weighted by Crippen LogP contribution is -2.35. The Morgan fingerprint density at radius 2 is 1.92 bits per heavy atom. The number of pyridine rings is 3. The molecule has 4 aromatic rings. The number of hydrogen-bond donors (Lipinski definition) is 4. The van der Waals surface area contributed by atoms with Crippen LogP contribution in [0.4, 0.5) is 5.69 Å². The topological polar surface area (TPSA) is 151 Å². The van der Waals surface area contributed by atoms with Gasteiger partial charge < -0.3 is 30.5 Å². The van der Waals surface area contributed by atoms with Gasteiger partial charge in [-0.15, -0.1) is 0 Å². The van der Waals surface area contributed by atoms with Crippen LogP contribution in [0, 0.1) is 0 Å². The number of anilines is 1. The molecular weight excluding hydrogens is 669 g/mol. The molecule has 4 N–H and O–H groups in total. The minimum absolute atomic E-state index is 0.0812. The molecule has 6 rings (SSSR count). The third-order valence-corrected chi connectivity index (χ3v) is 9.42. The molecule has 0 unspecified atom stereocenters. The van der Waals surface area contributed by atoms with Crippen LogP contribution in [-0.4, -0.2) is 82.8 Å². The molecule has 0 spiro atoms. The van der Waals surface area contributed by atoms with Crippen LogP contribution >= 0.6 is 23.2 Å². The molecule has 3 aromatic heterocycles. The number of halogens is 2. The predicted molar refractivity (Wildman–Crippen MR) is 187 cm³/mol. The number of benzene rings is 1. The van der Waals surface area contributed by atoms with E-state index in [0.29, 0.717) is 83.9 Å². The van der Waals surface area contributed by atoms with Crippen LogP contribution in [-0.2, 0) is 17.9 Å². The van der Waals surface area contributed by atoms with Crippen molar-refractivity contribution >= 4 is 40.7 Å². The second-order valence-corrected chi connectivity index (χ2v) is 12.8. The van der Waals surface area contributed by atoms with E-state index in [2.05, 4.69) is 30.8 Å². The minimum atomic E-state index is -0.448. The fourth-order valence-electron chi connectivity index (χ4n) is 6.08. The molecular formula is C35H37Cl2N7O5. The maximum absolute atomic E-state index is 13.4. The zero-order valence-corrected chi connectivity index (χ0v) is 28.6. The number of aliphatic hydroxyl groups is 1. The highest BCUT2D eigenvalue weighted by atomic mass is 35.5. The first-order valence-corrected chi connectivity index (χ1v) is 16.7. The number of rotatable bonds is 12. The number of hydrogen-bond acceptors (Lipinski definition) is 10. The van der Waals surface area contributed by atoms with E-state index in [-0.39, 0.29) is 28.8 Å². The van der Waals surface area contributed by atoms with Crippen molar-refractivity contribution in [2.45, 2.75) is 44.5 Å². The van der Waals surface area contributed by atoms with E-state index in [0.717, 1.165) is 24.1 Å². The van der Waals surface area contributed by atoms with Crippen LogP contribution in [0.2, 0.25) is 10.0 Å². The van der Waals surface area contributed by atoms with Crippen molar-refractivity contribution in [1.29, 1.82) is 0 Å². The summed E-state index contributed by atoms with van der Waals surface area (Å²) in [5, 5.41) is 19.7. The maximum atomic E-state index is 13.4. The zero-order valence-electron chi connectivity index (χ0n) is 27.1. The van der Waals surface area contributed by atoms with Crippen LogP contribution in [0.25, 0.3) is 22.5 Å². The molecule has 2 fully saturated rings. The Morgan fingerprint density at radius 3 is 2.65 bits per heavy atom. The lowest BCUT2D eigenvalue weighted by Gasteiger charge is -2.18. The van der Waals surface area contributed by atoms with Crippen LogP contribution in [0.15, 0.2) is 54.9 Å². The van der Waals surface area contributed by atoms with E-state index in [1.807, 2.05) is 12.1 Å². The summed E-state index contributed by atoms with van der Waals surface area (Å²) in [7, 11) is 3.12. The summed E-state index contributed by atoms with van der Waals surface area (Å²) >= 11 is 13.8. The Bertz CT molecular complexity index is 1860. The van der Waals surface area contributed by atoms with Gasteiger partial charge in [0.05, 0.1) is 53.6 Å². The van der Waals surface area contributed by atoms with Crippen molar-refractivity contribution in [3.8, 4) is 34.1 Å². The SMILES string of the molecule is COc1cnc(C(=O)Nc2cccc(-c3nccc(-c4ccc(CNC[C@H]5CCC(=O)N5)c(OC)n4)c3Cl)c2Cl)cc1CN1CC[C@@H](O)C1. The lowest BCUT2D eigenvalue weighted by atomic mass is 10.1. The number of carbonyl (C=O) groups is 2. The Kier molecular flexibility index (Phi) is 10.9. The molecule has 0 saturated carbocycles. The highest BCUT2D eigenvalue weighted by Crippen LogP contribution is 2.40. The highest BCUT2D eigenvalue weighted by Gasteiger charge is 2.24. The predicted octanol–water partition coefficient (Wildman–Crippen LogP) is 4.72. The Balaban J connectivity index is 1.20. The number of methoxy groups -OCH3 is 2. The van der Waals surface area contributed by atoms with Gasteiger partial charge in [-0.2, -0.15) is 0 Å². The molecule has 5 heterocycles. The van der Waals surface area contributed by atoms with Gasteiger partial charge >= 0.3 is 0 Å². The number of amides is 2. The van der Waals surface area contributed by atoms with Gasteiger partial charge in [-0.1, -0.05) is 41.4 Å². The smallest absolute Gasteiger partial charge is 0.274 e. The van der Waals surface area contributed by atoms with Gasteiger partial charge in [-0.05, 0) is 37.1 Å². The van der Waals surface area contributed by atoms with Crippen LogP contribution < -0.4 is 25.4 Å². The number of likely N-dealkylation sites (tertiary alicyclic amines) is 1. The number of aliphatic hydroxyl groups excluding tert-OH is 1. The average Bonchev–Trinajstić information content (AvgIpc) is 3.72. The molecule has 256 valence electrons. The second-order valence-electron chi connectivity index (χ2n) is 12.0. The van der Waals surface area contributed by atoms with E-state index in [1.165, 1.54) is 6.20 Å². The average molecular weight is 707 g/mol. The first-order valence-electron chi connectivity index (χ1n) is 16.0. The number of β-amino-alcohol motifs (C(OH)–C–C–N with tert-alkyl or cyclic N) is 1. The molecule has 2 aliphatic rings. The van der Waals surface area contributed by atoms with Crippen molar-refractivity contribution in [3.63, 3.8) is 0 Å².